The van der Waals surface area contributed by atoms with Crippen LogP contribution in [-0.2, 0) is 11.3 Å². The second-order valence-electron chi connectivity index (χ2n) is 7.78. The predicted octanol–water partition coefficient (Wildman–Crippen LogP) is 3.40. The van der Waals surface area contributed by atoms with Crippen LogP contribution in [0, 0.1) is 11.7 Å². The molecule has 1 amide bonds. The van der Waals surface area contributed by atoms with E-state index in [4.69, 9.17) is 0 Å². The van der Waals surface area contributed by atoms with E-state index in [1.54, 1.807) is 12.1 Å². The third-order valence-corrected chi connectivity index (χ3v) is 5.75. The molecule has 1 fully saturated rings. The van der Waals surface area contributed by atoms with E-state index in [0.717, 1.165) is 44.6 Å². The molecule has 0 aromatic heterocycles. The van der Waals surface area contributed by atoms with Crippen molar-refractivity contribution in [3.8, 4) is 0 Å². The fraction of sp³-hybridized carbons (Fsp3) is 0.409. The summed E-state index contributed by atoms with van der Waals surface area (Å²) in [5.41, 5.74) is 2.85. The highest BCUT2D eigenvalue weighted by Gasteiger charge is 2.31. The summed E-state index contributed by atoms with van der Waals surface area (Å²) in [4.78, 5) is 16.5. The summed E-state index contributed by atoms with van der Waals surface area (Å²) < 4.78 is 12.9. The van der Waals surface area contributed by atoms with Gasteiger partial charge in [0.2, 0.25) is 5.91 Å². The summed E-state index contributed by atoms with van der Waals surface area (Å²) >= 11 is 0. The van der Waals surface area contributed by atoms with Gasteiger partial charge in [-0.3, -0.25) is 14.6 Å². The van der Waals surface area contributed by atoms with Crippen LogP contribution in [0.15, 0.2) is 48.5 Å². The molecule has 0 saturated carbocycles. The third-order valence-electron chi connectivity index (χ3n) is 5.75. The van der Waals surface area contributed by atoms with Crippen molar-refractivity contribution in [3.05, 3.63) is 65.5 Å². The SMILES string of the molecule is Cl.O=C(CN1CCC(CN2Cc3ccccc3C2O)CC1)Nc1ccc(F)cc1. The lowest BCUT2D eigenvalue weighted by atomic mass is 9.96. The zero-order chi connectivity index (χ0) is 19.5. The van der Waals surface area contributed by atoms with Crippen LogP contribution in [0.25, 0.3) is 0 Å². The zero-order valence-corrected chi connectivity index (χ0v) is 17.1. The average molecular weight is 420 g/mol. The third kappa shape index (κ3) is 5.34. The number of halogens is 2. The normalized spacial score (nSPS) is 20.1. The second kappa shape index (κ2) is 9.67. The fourth-order valence-electron chi connectivity index (χ4n) is 4.19. The van der Waals surface area contributed by atoms with Gasteiger partial charge < -0.3 is 10.4 Å². The fourth-order valence-corrected chi connectivity index (χ4v) is 4.19. The summed E-state index contributed by atoms with van der Waals surface area (Å²) in [7, 11) is 0. The molecule has 4 rings (SSSR count). The highest BCUT2D eigenvalue weighted by atomic mass is 35.5. The van der Waals surface area contributed by atoms with E-state index >= 15 is 0 Å². The molecule has 0 radical (unpaired) electrons. The lowest BCUT2D eigenvalue weighted by molar-refractivity contribution is -0.117. The van der Waals surface area contributed by atoms with Crippen LogP contribution in [0.2, 0.25) is 0 Å². The number of likely N-dealkylation sites (tertiary alicyclic amines) is 1. The number of fused-ring (bicyclic) bond motifs is 1. The summed E-state index contributed by atoms with van der Waals surface area (Å²) in [5, 5.41) is 13.4. The molecule has 0 bridgehead atoms. The number of aliphatic hydroxyl groups is 1. The molecule has 5 nitrogen and oxygen atoms in total. The van der Waals surface area contributed by atoms with E-state index in [2.05, 4.69) is 21.2 Å². The smallest absolute Gasteiger partial charge is 0.238 e. The molecular formula is C22H27ClFN3O2. The number of hydrogen-bond donors (Lipinski definition) is 2. The molecule has 29 heavy (non-hydrogen) atoms. The van der Waals surface area contributed by atoms with Gasteiger partial charge in [0.25, 0.3) is 0 Å². The molecule has 1 atom stereocenters. The molecule has 0 aliphatic carbocycles. The monoisotopic (exact) mass is 419 g/mol. The molecule has 0 spiro atoms. The first-order valence-electron chi connectivity index (χ1n) is 9.86. The number of anilines is 1. The number of nitrogens with one attached hydrogen (secondary N) is 1. The van der Waals surface area contributed by atoms with Crippen LogP contribution in [0.3, 0.4) is 0 Å². The molecule has 2 aliphatic rings. The van der Waals surface area contributed by atoms with Crippen molar-refractivity contribution >= 4 is 24.0 Å². The van der Waals surface area contributed by atoms with Crippen LogP contribution in [0.5, 0.6) is 0 Å². The number of piperidine rings is 1. The lowest BCUT2D eigenvalue weighted by Gasteiger charge is -2.34. The first kappa shape index (κ1) is 21.7. The molecule has 156 valence electrons. The number of benzene rings is 2. The number of amides is 1. The molecular weight excluding hydrogens is 393 g/mol. The lowest BCUT2D eigenvalue weighted by Crippen LogP contribution is -2.41. The molecule has 2 heterocycles. The molecule has 2 aromatic carbocycles. The summed E-state index contributed by atoms with van der Waals surface area (Å²) in [6.45, 7) is 3.78. The molecule has 2 aromatic rings. The molecule has 1 unspecified atom stereocenters. The number of carbonyl (C=O) groups is 1. The van der Waals surface area contributed by atoms with Crippen LogP contribution in [0.4, 0.5) is 10.1 Å². The highest BCUT2D eigenvalue weighted by Crippen LogP contribution is 2.33. The summed E-state index contributed by atoms with van der Waals surface area (Å²) in [5.74, 6) is 0.141. The number of rotatable bonds is 5. The molecule has 2 N–H and O–H groups in total. The number of aliphatic hydroxyl groups excluding tert-OH is 1. The average Bonchev–Trinajstić information content (AvgIpc) is 3.01. The van der Waals surface area contributed by atoms with Gasteiger partial charge in [0.05, 0.1) is 6.54 Å². The van der Waals surface area contributed by atoms with Gasteiger partial charge in [0.1, 0.15) is 12.0 Å². The van der Waals surface area contributed by atoms with Crippen molar-refractivity contribution in [2.24, 2.45) is 5.92 Å². The Balaban J connectivity index is 0.00000240. The Bertz CT molecular complexity index is 825. The van der Waals surface area contributed by atoms with Gasteiger partial charge >= 0.3 is 0 Å². The molecule has 7 heteroatoms. The number of nitrogens with zero attached hydrogens (tertiary/aromatic N) is 2. The first-order valence-corrected chi connectivity index (χ1v) is 9.86. The van der Waals surface area contributed by atoms with Crippen molar-refractivity contribution < 1.29 is 14.3 Å². The largest absolute Gasteiger partial charge is 0.374 e. The van der Waals surface area contributed by atoms with Crippen molar-refractivity contribution in [3.63, 3.8) is 0 Å². The van der Waals surface area contributed by atoms with Gasteiger partial charge in [-0.25, -0.2) is 4.39 Å². The van der Waals surface area contributed by atoms with Crippen molar-refractivity contribution in [1.82, 2.24) is 9.80 Å². The van der Waals surface area contributed by atoms with Crippen molar-refractivity contribution in [2.45, 2.75) is 25.6 Å². The van der Waals surface area contributed by atoms with E-state index < -0.39 is 6.23 Å². The van der Waals surface area contributed by atoms with Gasteiger partial charge in [-0.1, -0.05) is 24.3 Å². The minimum atomic E-state index is -0.504. The molecule has 2 aliphatic heterocycles. The quantitative estimate of drug-likeness (QED) is 0.779. The van der Waals surface area contributed by atoms with E-state index in [1.165, 1.54) is 17.7 Å². The Kier molecular flexibility index (Phi) is 7.24. The summed E-state index contributed by atoms with van der Waals surface area (Å²) in [6.07, 6.45) is 1.53. The maximum absolute atomic E-state index is 12.9. The van der Waals surface area contributed by atoms with Crippen molar-refractivity contribution in [2.75, 3.05) is 31.5 Å². The minimum absolute atomic E-state index is 0. The highest BCUT2D eigenvalue weighted by molar-refractivity contribution is 5.92. The zero-order valence-electron chi connectivity index (χ0n) is 16.3. The maximum Gasteiger partial charge on any atom is 0.238 e. The van der Waals surface area contributed by atoms with Gasteiger partial charge in [-0.2, -0.15) is 0 Å². The Hall–Kier alpha value is -1.99. The Morgan fingerprint density at radius 2 is 1.79 bits per heavy atom. The maximum atomic E-state index is 12.9. The van der Waals surface area contributed by atoms with Gasteiger partial charge in [-0.05, 0) is 67.2 Å². The summed E-state index contributed by atoms with van der Waals surface area (Å²) in [6, 6.07) is 13.9. The van der Waals surface area contributed by atoms with Crippen LogP contribution in [0.1, 0.15) is 30.2 Å². The van der Waals surface area contributed by atoms with Crippen LogP contribution < -0.4 is 5.32 Å². The second-order valence-corrected chi connectivity index (χ2v) is 7.78. The van der Waals surface area contributed by atoms with E-state index in [9.17, 15) is 14.3 Å². The first-order chi connectivity index (χ1) is 13.6. The number of hydrogen-bond acceptors (Lipinski definition) is 4. The van der Waals surface area contributed by atoms with Gasteiger partial charge in [0.15, 0.2) is 0 Å². The Labute approximate surface area is 176 Å². The van der Waals surface area contributed by atoms with Crippen molar-refractivity contribution in [1.29, 1.82) is 0 Å². The topological polar surface area (TPSA) is 55.8 Å². The van der Waals surface area contributed by atoms with Gasteiger partial charge in [-0.15, -0.1) is 12.4 Å². The van der Waals surface area contributed by atoms with Crippen LogP contribution >= 0.6 is 12.4 Å². The Morgan fingerprint density at radius 3 is 2.48 bits per heavy atom. The standard InChI is InChI=1S/C22H26FN3O2.ClH/c23-18-5-7-19(8-6-18)24-21(27)15-25-11-9-16(10-12-25)13-26-14-17-3-1-2-4-20(17)22(26)28;/h1-8,16,22,28H,9-15H2,(H,24,27);1H. The van der Waals surface area contributed by atoms with E-state index in [1.807, 2.05) is 18.2 Å². The molecule has 1 saturated heterocycles. The predicted molar refractivity (Wildman–Crippen MR) is 113 cm³/mol. The van der Waals surface area contributed by atoms with E-state index in [0.29, 0.717) is 18.2 Å². The number of carbonyl (C=O) groups excluding carboxylic acids is 1. The Morgan fingerprint density at radius 1 is 1.10 bits per heavy atom. The van der Waals surface area contributed by atoms with Gasteiger partial charge in [0, 0.05) is 18.8 Å². The minimum Gasteiger partial charge on any atom is -0.374 e. The van der Waals surface area contributed by atoms with Crippen LogP contribution in [-0.4, -0.2) is 47.0 Å². The van der Waals surface area contributed by atoms with E-state index in [-0.39, 0.29) is 24.1 Å².